The van der Waals surface area contributed by atoms with Gasteiger partial charge in [-0.3, -0.25) is 0 Å². The lowest BCUT2D eigenvalue weighted by atomic mass is 11.5. The maximum Gasteiger partial charge on any atom is -0.150 e. The van der Waals surface area contributed by atoms with Crippen molar-refractivity contribution in [3.63, 3.8) is 0 Å². The molecule has 0 rings (SSSR count). The van der Waals surface area contributed by atoms with Gasteiger partial charge in [0.1, 0.15) is 0 Å². The molecule has 0 bridgehead atoms. The smallest absolute Gasteiger partial charge is 0.150 e. The Bertz CT molecular complexity index is 17.5. The summed E-state index contributed by atoms with van der Waals surface area (Å²) in [6.07, 6.45) is 0. The molecule has 0 fully saturated rings. The van der Waals surface area contributed by atoms with Crippen molar-refractivity contribution in [2.45, 2.75) is 0 Å². The second-order valence-electron chi connectivity index (χ2n) is 0.671. The molecular formula is C2H8N4-2. The fourth-order valence-electron chi connectivity index (χ4n) is 0.100. The topological polar surface area (TPSA) is 52.3 Å². The van der Waals surface area contributed by atoms with Crippen molar-refractivity contribution < 1.29 is 0 Å². The third kappa shape index (κ3) is 3.84. The van der Waals surface area contributed by atoms with E-state index in [2.05, 4.69) is 21.9 Å². The molecule has 0 atom stereocenters. The zero-order valence-electron chi connectivity index (χ0n) is 3.89. The number of nitrogens with one attached hydrogen (secondary N) is 2. The standard InChI is InChI=1S/C2H8N4/c1-3-5-6-4-2/h5-6H,1-2H3/q-2. The third-order valence-electron chi connectivity index (χ3n) is 0.274. The van der Waals surface area contributed by atoms with Crippen LogP contribution in [0.5, 0.6) is 0 Å². The highest BCUT2D eigenvalue weighted by atomic mass is 15.7. The Labute approximate surface area is 37.2 Å². The summed E-state index contributed by atoms with van der Waals surface area (Å²) in [6, 6.07) is 0. The van der Waals surface area contributed by atoms with Crippen LogP contribution in [0.2, 0.25) is 0 Å². The number of rotatable bonds is 3. The molecule has 4 heteroatoms. The zero-order chi connectivity index (χ0) is 4.83. The highest BCUT2D eigenvalue weighted by Crippen LogP contribution is 1.61. The fraction of sp³-hybridized carbons (Fsp3) is 1.00. The molecule has 2 N–H and O–H groups in total. The third-order valence-corrected chi connectivity index (χ3v) is 0.274. The Morgan fingerprint density at radius 3 is 1.50 bits per heavy atom. The van der Waals surface area contributed by atoms with Crippen LogP contribution in [0.15, 0.2) is 0 Å². The Morgan fingerprint density at radius 1 is 1.00 bits per heavy atom. The van der Waals surface area contributed by atoms with Crippen LogP contribution in [0.25, 0.3) is 10.9 Å². The first-order chi connectivity index (χ1) is 2.91. The molecule has 0 aromatic heterocycles. The van der Waals surface area contributed by atoms with Gasteiger partial charge in [0.15, 0.2) is 0 Å². The molecule has 0 spiro atoms. The van der Waals surface area contributed by atoms with Crippen LogP contribution < -0.4 is 11.1 Å². The first kappa shape index (κ1) is 5.84. The van der Waals surface area contributed by atoms with Crippen LogP contribution in [0.4, 0.5) is 0 Å². The van der Waals surface area contributed by atoms with Crippen molar-refractivity contribution in [2.24, 2.45) is 0 Å². The van der Waals surface area contributed by atoms with E-state index in [-0.39, 0.29) is 0 Å². The summed E-state index contributed by atoms with van der Waals surface area (Å²) in [5, 5.41) is 0. The maximum atomic E-state index is 3.47. The van der Waals surface area contributed by atoms with Crippen LogP contribution in [0, 0.1) is 0 Å². The maximum absolute atomic E-state index is 3.47. The van der Waals surface area contributed by atoms with E-state index < -0.39 is 0 Å². The van der Waals surface area contributed by atoms with Crippen LogP contribution in [-0.4, -0.2) is 14.1 Å². The van der Waals surface area contributed by atoms with Crippen molar-refractivity contribution in [1.29, 1.82) is 0 Å². The number of nitrogens with zero attached hydrogens (tertiary/aromatic N) is 2. The second kappa shape index (κ2) is 4.84. The first-order valence-electron chi connectivity index (χ1n) is 1.59. The van der Waals surface area contributed by atoms with E-state index in [1.165, 1.54) is 0 Å². The average Bonchev–Trinajstić information content (AvgIpc) is 1.61. The van der Waals surface area contributed by atoms with Gasteiger partial charge in [-0.1, -0.05) is 0 Å². The minimum absolute atomic E-state index is 1.62. The van der Waals surface area contributed by atoms with Crippen molar-refractivity contribution >= 4 is 0 Å². The Morgan fingerprint density at radius 2 is 1.33 bits per heavy atom. The highest BCUT2D eigenvalue weighted by Gasteiger charge is 1.39. The lowest BCUT2D eigenvalue weighted by Crippen LogP contribution is -2.21. The number of hydrazine groups is 1. The van der Waals surface area contributed by atoms with Gasteiger partial charge in [0.25, 0.3) is 0 Å². The van der Waals surface area contributed by atoms with Gasteiger partial charge in [-0.2, -0.15) is 14.1 Å². The molecule has 0 radical (unpaired) electrons. The molecule has 0 saturated carbocycles. The van der Waals surface area contributed by atoms with Gasteiger partial charge in [-0.15, -0.1) is 0 Å². The monoisotopic (exact) mass is 88.1 g/mol. The molecule has 0 aliphatic rings. The predicted molar refractivity (Wildman–Crippen MR) is 24.8 cm³/mol. The molecule has 38 valence electrons. The molecule has 4 nitrogen and oxygen atoms in total. The van der Waals surface area contributed by atoms with E-state index in [9.17, 15) is 0 Å². The average molecular weight is 88.1 g/mol. The summed E-state index contributed by atoms with van der Waals surface area (Å²) in [7, 11) is 3.25. The van der Waals surface area contributed by atoms with Gasteiger partial charge in [-0.05, 0) is 0 Å². The predicted octanol–water partition coefficient (Wildman–Crippen LogP) is -0.0824. The summed E-state index contributed by atoms with van der Waals surface area (Å²) < 4.78 is 0. The Balaban J connectivity index is 2.34. The first-order valence-corrected chi connectivity index (χ1v) is 1.59. The van der Waals surface area contributed by atoms with Gasteiger partial charge in [0.05, 0.1) is 0 Å². The van der Waals surface area contributed by atoms with Gasteiger partial charge < -0.3 is 21.9 Å². The minimum atomic E-state index is 1.62. The van der Waals surface area contributed by atoms with Crippen molar-refractivity contribution in [2.75, 3.05) is 14.1 Å². The lowest BCUT2D eigenvalue weighted by molar-refractivity contribution is 0.711. The van der Waals surface area contributed by atoms with E-state index in [0.29, 0.717) is 0 Å². The number of hydrogen-bond acceptors (Lipinski definition) is 2. The van der Waals surface area contributed by atoms with E-state index in [1.807, 2.05) is 0 Å². The van der Waals surface area contributed by atoms with Crippen LogP contribution >= 0.6 is 0 Å². The molecule has 0 amide bonds. The van der Waals surface area contributed by atoms with E-state index >= 15 is 0 Å². The van der Waals surface area contributed by atoms with Crippen molar-refractivity contribution in [3.8, 4) is 0 Å². The second-order valence-corrected chi connectivity index (χ2v) is 0.671. The van der Waals surface area contributed by atoms with Crippen molar-refractivity contribution in [1.82, 2.24) is 11.1 Å². The van der Waals surface area contributed by atoms with Gasteiger partial charge >= 0.3 is 0 Å². The summed E-state index contributed by atoms with van der Waals surface area (Å²) in [6.45, 7) is 0. The van der Waals surface area contributed by atoms with Crippen LogP contribution in [0.3, 0.4) is 0 Å². The molecule has 0 aliphatic carbocycles. The lowest BCUT2D eigenvalue weighted by Gasteiger charge is -2.23. The molecule has 0 saturated heterocycles. The fourth-order valence-corrected chi connectivity index (χ4v) is 0.100. The minimum Gasteiger partial charge on any atom is -0.587 e. The van der Waals surface area contributed by atoms with Gasteiger partial charge in [0, 0.05) is 0 Å². The Kier molecular flexibility index (Phi) is 4.71. The Hall–Kier alpha value is -0.160. The molecule has 0 heterocycles. The van der Waals surface area contributed by atoms with E-state index in [4.69, 9.17) is 0 Å². The summed E-state index contributed by atoms with van der Waals surface area (Å²) in [4.78, 5) is 0. The summed E-state index contributed by atoms with van der Waals surface area (Å²) in [5.74, 6) is 0. The number of hydrogen-bond donors (Lipinski definition) is 2. The summed E-state index contributed by atoms with van der Waals surface area (Å²) >= 11 is 0. The largest absolute Gasteiger partial charge is 0.587 e. The molecule has 0 aromatic carbocycles. The highest BCUT2D eigenvalue weighted by molar-refractivity contribution is 4.60. The normalized spacial score (nSPS) is 9.00. The SMILES string of the molecule is C[N-]NN[N-]C. The molecule has 6 heavy (non-hydrogen) atoms. The van der Waals surface area contributed by atoms with Crippen LogP contribution in [-0.2, 0) is 0 Å². The summed E-state index contributed by atoms with van der Waals surface area (Å²) in [5.41, 5.74) is 11.8. The molecular weight excluding hydrogens is 80.0 g/mol. The molecule has 0 unspecified atom stereocenters. The quantitative estimate of drug-likeness (QED) is 0.374. The molecule has 0 aliphatic heterocycles. The molecule has 0 aromatic rings. The van der Waals surface area contributed by atoms with Crippen LogP contribution in [0.1, 0.15) is 0 Å². The zero-order valence-corrected chi connectivity index (χ0v) is 3.89. The van der Waals surface area contributed by atoms with Crippen molar-refractivity contribution in [3.05, 3.63) is 10.9 Å². The van der Waals surface area contributed by atoms with Gasteiger partial charge in [0.2, 0.25) is 0 Å². The van der Waals surface area contributed by atoms with E-state index in [1.54, 1.807) is 14.1 Å². The van der Waals surface area contributed by atoms with E-state index in [0.717, 1.165) is 0 Å². The van der Waals surface area contributed by atoms with Gasteiger partial charge in [-0.25, -0.2) is 0 Å².